The Balaban J connectivity index is 3.50. The van der Waals surface area contributed by atoms with Gasteiger partial charge in [0.05, 0.1) is 12.5 Å². The highest BCUT2D eigenvalue weighted by Crippen LogP contribution is 2.02. The van der Waals surface area contributed by atoms with E-state index in [-0.39, 0.29) is 11.9 Å². The summed E-state index contributed by atoms with van der Waals surface area (Å²) in [7, 11) is 0. The Labute approximate surface area is 80.4 Å². The third-order valence-corrected chi connectivity index (χ3v) is 1.60. The van der Waals surface area contributed by atoms with Crippen LogP contribution in [0.1, 0.15) is 40.5 Å². The van der Waals surface area contributed by atoms with Crippen LogP contribution >= 0.6 is 0 Å². The SMILES string of the molecule is CCCCOC(C)OC(=O)C(C)C. The molecule has 0 aromatic heterocycles. The molecular weight excluding hydrogens is 168 g/mol. The highest BCUT2D eigenvalue weighted by atomic mass is 16.7. The summed E-state index contributed by atoms with van der Waals surface area (Å²) in [6, 6.07) is 0. The van der Waals surface area contributed by atoms with Crippen molar-refractivity contribution < 1.29 is 14.3 Å². The van der Waals surface area contributed by atoms with Crippen LogP contribution in [0.25, 0.3) is 0 Å². The lowest BCUT2D eigenvalue weighted by Gasteiger charge is -2.15. The van der Waals surface area contributed by atoms with Crippen molar-refractivity contribution in [1.82, 2.24) is 0 Å². The van der Waals surface area contributed by atoms with E-state index in [1.807, 2.05) is 0 Å². The number of unbranched alkanes of at least 4 members (excludes halogenated alkanes) is 1. The van der Waals surface area contributed by atoms with Crippen LogP contribution in [0.4, 0.5) is 0 Å². The molecule has 0 heterocycles. The minimum Gasteiger partial charge on any atom is -0.436 e. The summed E-state index contributed by atoms with van der Waals surface area (Å²) in [5.74, 6) is -0.291. The smallest absolute Gasteiger partial charge is 0.310 e. The summed E-state index contributed by atoms with van der Waals surface area (Å²) in [5, 5.41) is 0. The van der Waals surface area contributed by atoms with Gasteiger partial charge in [-0.05, 0) is 13.3 Å². The zero-order valence-corrected chi connectivity index (χ0v) is 9.00. The summed E-state index contributed by atoms with van der Waals surface area (Å²) in [6.07, 6.45) is 1.68. The summed E-state index contributed by atoms with van der Waals surface area (Å²) in [4.78, 5) is 11.1. The summed E-state index contributed by atoms with van der Waals surface area (Å²) < 4.78 is 10.3. The second-order valence-electron chi connectivity index (χ2n) is 3.38. The van der Waals surface area contributed by atoms with Crippen molar-refractivity contribution in [2.45, 2.75) is 46.8 Å². The van der Waals surface area contributed by atoms with Gasteiger partial charge in [0.15, 0.2) is 6.29 Å². The van der Waals surface area contributed by atoms with E-state index >= 15 is 0 Å². The lowest BCUT2D eigenvalue weighted by Crippen LogP contribution is -2.21. The Hall–Kier alpha value is -0.570. The topological polar surface area (TPSA) is 35.5 Å². The first-order valence-corrected chi connectivity index (χ1v) is 4.90. The van der Waals surface area contributed by atoms with E-state index in [0.29, 0.717) is 6.61 Å². The number of carbonyl (C=O) groups excluding carboxylic acids is 1. The van der Waals surface area contributed by atoms with Gasteiger partial charge < -0.3 is 9.47 Å². The molecule has 0 saturated carbocycles. The van der Waals surface area contributed by atoms with Crippen molar-refractivity contribution in [3.8, 4) is 0 Å². The van der Waals surface area contributed by atoms with Crippen molar-refractivity contribution in [2.75, 3.05) is 6.61 Å². The molecule has 1 unspecified atom stereocenters. The molecule has 0 N–H and O–H groups in total. The second kappa shape index (κ2) is 6.89. The Morgan fingerprint density at radius 1 is 1.31 bits per heavy atom. The molecule has 0 bridgehead atoms. The monoisotopic (exact) mass is 188 g/mol. The van der Waals surface area contributed by atoms with E-state index in [1.165, 1.54) is 0 Å². The standard InChI is InChI=1S/C10H20O3/c1-5-6-7-12-9(4)13-10(11)8(2)3/h8-9H,5-7H2,1-4H3. The van der Waals surface area contributed by atoms with Crippen LogP contribution in [0.5, 0.6) is 0 Å². The Morgan fingerprint density at radius 2 is 1.92 bits per heavy atom. The van der Waals surface area contributed by atoms with E-state index in [0.717, 1.165) is 12.8 Å². The van der Waals surface area contributed by atoms with Crippen molar-refractivity contribution in [1.29, 1.82) is 0 Å². The molecule has 0 aromatic carbocycles. The van der Waals surface area contributed by atoms with Crippen LogP contribution in [0.3, 0.4) is 0 Å². The first kappa shape index (κ1) is 12.4. The van der Waals surface area contributed by atoms with Gasteiger partial charge in [-0.1, -0.05) is 27.2 Å². The molecule has 78 valence electrons. The number of hydrogen-bond acceptors (Lipinski definition) is 3. The molecule has 0 aliphatic carbocycles. The molecule has 0 radical (unpaired) electrons. The number of ether oxygens (including phenoxy) is 2. The minimum atomic E-state index is -0.415. The van der Waals surface area contributed by atoms with Crippen molar-refractivity contribution >= 4 is 5.97 Å². The van der Waals surface area contributed by atoms with Crippen molar-refractivity contribution in [3.05, 3.63) is 0 Å². The van der Waals surface area contributed by atoms with Gasteiger partial charge in [0.1, 0.15) is 0 Å². The fraction of sp³-hybridized carbons (Fsp3) is 0.900. The quantitative estimate of drug-likeness (QED) is 0.364. The summed E-state index contributed by atoms with van der Waals surface area (Å²) >= 11 is 0. The Morgan fingerprint density at radius 3 is 2.38 bits per heavy atom. The van der Waals surface area contributed by atoms with E-state index in [4.69, 9.17) is 9.47 Å². The molecule has 1 atom stereocenters. The molecule has 0 amide bonds. The van der Waals surface area contributed by atoms with Gasteiger partial charge in [0.2, 0.25) is 0 Å². The third-order valence-electron chi connectivity index (χ3n) is 1.60. The van der Waals surface area contributed by atoms with Crippen LogP contribution in [0.15, 0.2) is 0 Å². The highest BCUT2D eigenvalue weighted by molar-refractivity contribution is 5.71. The van der Waals surface area contributed by atoms with Crippen LogP contribution in [0, 0.1) is 5.92 Å². The van der Waals surface area contributed by atoms with Gasteiger partial charge in [-0.3, -0.25) is 4.79 Å². The van der Waals surface area contributed by atoms with Crippen LogP contribution in [0.2, 0.25) is 0 Å². The molecule has 3 nitrogen and oxygen atoms in total. The van der Waals surface area contributed by atoms with Gasteiger partial charge >= 0.3 is 5.97 Å². The second-order valence-corrected chi connectivity index (χ2v) is 3.38. The molecule has 0 rings (SSSR count). The Kier molecular flexibility index (Phi) is 6.59. The van der Waals surface area contributed by atoms with Crippen molar-refractivity contribution in [3.63, 3.8) is 0 Å². The Bertz CT molecular complexity index is 143. The third kappa shape index (κ3) is 6.58. The molecule has 0 spiro atoms. The number of carbonyl (C=O) groups is 1. The van der Waals surface area contributed by atoms with Crippen LogP contribution in [-0.2, 0) is 14.3 Å². The van der Waals surface area contributed by atoms with Gasteiger partial charge in [0.25, 0.3) is 0 Å². The largest absolute Gasteiger partial charge is 0.436 e. The predicted molar refractivity (Wildman–Crippen MR) is 51.3 cm³/mol. The molecule has 13 heavy (non-hydrogen) atoms. The first-order valence-electron chi connectivity index (χ1n) is 4.90. The fourth-order valence-corrected chi connectivity index (χ4v) is 0.727. The maximum absolute atomic E-state index is 11.1. The van der Waals surface area contributed by atoms with Crippen LogP contribution < -0.4 is 0 Å². The summed E-state index contributed by atoms with van der Waals surface area (Å²) in [6.45, 7) is 8.11. The molecule has 0 aliphatic heterocycles. The molecule has 0 aromatic rings. The zero-order valence-electron chi connectivity index (χ0n) is 9.00. The predicted octanol–water partition coefficient (Wildman–Crippen LogP) is 2.35. The number of rotatable bonds is 6. The molecular formula is C10H20O3. The van der Waals surface area contributed by atoms with E-state index in [9.17, 15) is 4.79 Å². The normalized spacial score (nSPS) is 13.0. The fourth-order valence-electron chi connectivity index (χ4n) is 0.727. The van der Waals surface area contributed by atoms with E-state index in [1.54, 1.807) is 20.8 Å². The molecule has 0 aliphatic rings. The van der Waals surface area contributed by atoms with E-state index in [2.05, 4.69) is 6.92 Å². The molecule has 0 saturated heterocycles. The highest BCUT2D eigenvalue weighted by Gasteiger charge is 2.12. The lowest BCUT2D eigenvalue weighted by molar-refractivity contribution is -0.178. The maximum atomic E-state index is 11.1. The van der Waals surface area contributed by atoms with Gasteiger partial charge in [-0.15, -0.1) is 0 Å². The number of esters is 1. The average molecular weight is 188 g/mol. The van der Waals surface area contributed by atoms with E-state index < -0.39 is 6.29 Å². The molecule has 0 fully saturated rings. The number of hydrogen-bond donors (Lipinski definition) is 0. The zero-order chi connectivity index (χ0) is 10.3. The van der Waals surface area contributed by atoms with Crippen LogP contribution in [-0.4, -0.2) is 18.9 Å². The average Bonchev–Trinajstić information content (AvgIpc) is 2.04. The lowest BCUT2D eigenvalue weighted by atomic mass is 10.2. The summed E-state index contributed by atoms with van der Waals surface area (Å²) in [5.41, 5.74) is 0. The van der Waals surface area contributed by atoms with Gasteiger partial charge in [0, 0.05) is 0 Å². The van der Waals surface area contributed by atoms with Gasteiger partial charge in [-0.25, -0.2) is 0 Å². The minimum absolute atomic E-state index is 0.0859. The van der Waals surface area contributed by atoms with Gasteiger partial charge in [-0.2, -0.15) is 0 Å². The maximum Gasteiger partial charge on any atom is 0.310 e. The molecule has 3 heteroatoms. The van der Waals surface area contributed by atoms with Crippen molar-refractivity contribution in [2.24, 2.45) is 5.92 Å². The first-order chi connectivity index (χ1) is 6.07.